The Morgan fingerprint density at radius 1 is 1.54 bits per heavy atom. The summed E-state index contributed by atoms with van der Waals surface area (Å²) in [7, 11) is 0. The molecule has 3 atom stereocenters. The van der Waals surface area contributed by atoms with Crippen LogP contribution in [0.15, 0.2) is 0 Å². The van der Waals surface area contributed by atoms with Crippen LogP contribution in [0.4, 0.5) is 0 Å². The van der Waals surface area contributed by atoms with E-state index in [1.54, 1.807) is 0 Å². The number of aliphatic hydroxyl groups excluding tert-OH is 1. The molecule has 1 aliphatic heterocycles. The van der Waals surface area contributed by atoms with Crippen LogP contribution < -0.4 is 5.73 Å². The molecular weight excluding hydrogens is 164 g/mol. The summed E-state index contributed by atoms with van der Waals surface area (Å²) in [5, 5.41) is 9.46. The van der Waals surface area contributed by atoms with Crippen LogP contribution in [0, 0.1) is 5.92 Å². The van der Waals surface area contributed by atoms with Gasteiger partial charge in [0.15, 0.2) is 0 Å². The maximum absolute atomic E-state index is 9.46. The first-order valence-electron chi connectivity index (χ1n) is 5.27. The topological polar surface area (TPSA) is 49.5 Å². The molecule has 0 spiro atoms. The number of piperidine rings is 1. The van der Waals surface area contributed by atoms with Crippen LogP contribution in [0.3, 0.4) is 0 Å². The van der Waals surface area contributed by atoms with Crippen molar-refractivity contribution in [2.75, 3.05) is 19.6 Å². The van der Waals surface area contributed by atoms with Crippen molar-refractivity contribution < 1.29 is 5.11 Å². The van der Waals surface area contributed by atoms with Crippen LogP contribution in [0.5, 0.6) is 0 Å². The van der Waals surface area contributed by atoms with Gasteiger partial charge in [0.05, 0.1) is 6.10 Å². The largest absolute Gasteiger partial charge is 0.392 e. The molecule has 0 aromatic carbocycles. The lowest BCUT2D eigenvalue weighted by atomic mass is 9.96. The molecule has 1 rings (SSSR count). The molecule has 3 nitrogen and oxygen atoms in total. The Bertz CT molecular complexity index is 150. The fourth-order valence-corrected chi connectivity index (χ4v) is 1.96. The Morgan fingerprint density at radius 3 is 2.77 bits per heavy atom. The summed E-state index contributed by atoms with van der Waals surface area (Å²) >= 11 is 0. The van der Waals surface area contributed by atoms with Crippen molar-refractivity contribution in [3.8, 4) is 0 Å². The molecule has 13 heavy (non-hydrogen) atoms. The molecule has 0 radical (unpaired) electrons. The fraction of sp³-hybridized carbons (Fsp3) is 1.00. The van der Waals surface area contributed by atoms with E-state index in [9.17, 15) is 5.11 Å². The number of rotatable bonds is 3. The summed E-state index contributed by atoms with van der Waals surface area (Å²) in [6, 6.07) is 0.273. The summed E-state index contributed by atoms with van der Waals surface area (Å²) in [5.74, 6) is 0.634. The molecule has 0 aromatic heterocycles. The average Bonchev–Trinajstić information content (AvgIpc) is 2.16. The molecule has 1 saturated heterocycles. The van der Waals surface area contributed by atoms with E-state index in [-0.39, 0.29) is 12.1 Å². The zero-order chi connectivity index (χ0) is 9.84. The van der Waals surface area contributed by atoms with Gasteiger partial charge in [0.2, 0.25) is 0 Å². The van der Waals surface area contributed by atoms with Gasteiger partial charge in [-0.25, -0.2) is 0 Å². The monoisotopic (exact) mass is 186 g/mol. The molecule has 0 amide bonds. The van der Waals surface area contributed by atoms with Gasteiger partial charge < -0.3 is 10.8 Å². The van der Waals surface area contributed by atoms with E-state index in [4.69, 9.17) is 5.73 Å². The maximum Gasteiger partial charge on any atom is 0.0664 e. The minimum absolute atomic E-state index is 0.239. The third kappa shape index (κ3) is 2.93. The highest BCUT2D eigenvalue weighted by Gasteiger charge is 2.24. The first kappa shape index (κ1) is 11.0. The second kappa shape index (κ2) is 4.94. The van der Waals surface area contributed by atoms with Crippen molar-refractivity contribution in [3.05, 3.63) is 0 Å². The van der Waals surface area contributed by atoms with Crippen LogP contribution >= 0.6 is 0 Å². The van der Waals surface area contributed by atoms with E-state index >= 15 is 0 Å². The molecule has 3 unspecified atom stereocenters. The third-order valence-corrected chi connectivity index (χ3v) is 3.16. The van der Waals surface area contributed by atoms with Crippen LogP contribution in [0.25, 0.3) is 0 Å². The highest BCUT2D eigenvalue weighted by molar-refractivity contribution is 4.79. The highest BCUT2D eigenvalue weighted by atomic mass is 16.3. The van der Waals surface area contributed by atoms with Gasteiger partial charge in [-0.1, -0.05) is 0 Å². The Balaban J connectivity index is 2.41. The smallest absolute Gasteiger partial charge is 0.0664 e. The number of nitrogens with zero attached hydrogens (tertiary/aromatic N) is 1. The van der Waals surface area contributed by atoms with E-state index in [1.165, 1.54) is 12.8 Å². The number of likely N-dealkylation sites (tertiary alicyclic amines) is 1. The summed E-state index contributed by atoms with van der Waals surface area (Å²) in [5.41, 5.74) is 5.65. The Labute approximate surface area is 80.9 Å². The number of hydrogen-bond acceptors (Lipinski definition) is 3. The van der Waals surface area contributed by atoms with E-state index < -0.39 is 0 Å². The summed E-state index contributed by atoms with van der Waals surface area (Å²) in [4.78, 5) is 2.35. The van der Waals surface area contributed by atoms with Gasteiger partial charge >= 0.3 is 0 Å². The van der Waals surface area contributed by atoms with Crippen molar-refractivity contribution >= 4 is 0 Å². The quantitative estimate of drug-likeness (QED) is 0.672. The molecule has 3 N–H and O–H groups in total. The van der Waals surface area contributed by atoms with E-state index in [0.717, 1.165) is 19.6 Å². The minimum atomic E-state index is -0.239. The second-order valence-corrected chi connectivity index (χ2v) is 4.22. The highest BCUT2D eigenvalue weighted by Crippen LogP contribution is 2.18. The van der Waals surface area contributed by atoms with E-state index in [1.807, 2.05) is 6.92 Å². The summed E-state index contributed by atoms with van der Waals surface area (Å²) < 4.78 is 0. The molecule has 0 aromatic rings. The molecule has 0 aliphatic carbocycles. The number of aliphatic hydroxyl groups is 1. The number of nitrogens with two attached hydrogens (primary N) is 1. The molecule has 1 fully saturated rings. The zero-order valence-corrected chi connectivity index (χ0v) is 8.74. The SMILES string of the molecule is CC(O)C(C)N1CCCC(CN)C1. The van der Waals surface area contributed by atoms with Crippen molar-refractivity contribution in [2.45, 2.75) is 38.8 Å². The zero-order valence-electron chi connectivity index (χ0n) is 8.74. The first-order valence-corrected chi connectivity index (χ1v) is 5.27. The Hall–Kier alpha value is -0.120. The Morgan fingerprint density at radius 2 is 2.23 bits per heavy atom. The van der Waals surface area contributed by atoms with Crippen LogP contribution in [0.2, 0.25) is 0 Å². The van der Waals surface area contributed by atoms with E-state index in [0.29, 0.717) is 5.92 Å². The molecule has 3 heteroatoms. The first-order chi connectivity index (χ1) is 6.15. The summed E-state index contributed by atoms with van der Waals surface area (Å²) in [6.45, 7) is 6.90. The van der Waals surface area contributed by atoms with Crippen molar-refractivity contribution in [3.63, 3.8) is 0 Å². The minimum Gasteiger partial charge on any atom is -0.392 e. The van der Waals surface area contributed by atoms with Crippen molar-refractivity contribution in [1.29, 1.82) is 0 Å². The lowest BCUT2D eigenvalue weighted by Crippen LogP contribution is -2.47. The van der Waals surface area contributed by atoms with Gasteiger partial charge in [0.1, 0.15) is 0 Å². The molecule has 0 saturated carbocycles. The average molecular weight is 186 g/mol. The molecule has 78 valence electrons. The standard InChI is InChI=1S/C10H22N2O/c1-8(9(2)13)12-5-3-4-10(6-11)7-12/h8-10,13H,3-7,11H2,1-2H3. The van der Waals surface area contributed by atoms with E-state index in [2.05, 4.69) is 11.8 Å². The molecule has 1 aliphatic rings. The lowest BCUT2D eigenvalue weighted by Gasteiger charge is -2.37. The molecular formula is C10H22N2O. The van der Waals surface area contributed by atoms with Crippen LogP contribution in [-0.2, 0) is 0 Å². The van der Waals surface area contributed by atoms with Crippen molar-refractivity contribution in [2.24, 2.45) is 11.7 Å². The van der Waals surface area contributed by atoms with Gasteiger partial charge in [-0.3, -0.25) is 4.90 Å². The van der Waals surface area contributed by atoms with Gasteiger partial charge in [0, 0.05) is 12.6 Å². The normalized spacial score (nSPS) is 30.0. The van der Waals surface area contributed by atoms with Gasteiger partial charge in [-0.15, -0.1) is 0 Å². The van der Waals surface area contributed by atoms with Gasteiger partial charge in [-0.2, -0.15) is 0 Å². The fourth-order valence-electron chi connectivity index (χ4n) is 1.96. The number of hydrogen-bond donors (Lipinski definition) is 2. The molecule has 1 heterocycles. The van der Waals surface area contributed by atoms with Crippen LogP contribution in [-0.4, -0.2) is 41.8 Å². The maximum atomic E-state index is 9.46. The second-order valence-electron chi connectivity index (χ2n) is 4.22. The third-order valence-electron chi connectivity index (χ3n) is 3.16. The van der Waals surface area contributed by atoms with Gasteiger partial charge in [0.25, 0.3) is 0 Å². The predicted octanol–water partition coefficient (Wildman–Crippen LogP) is 0.426. The lowest BCUT2D eigenvalue weighted by molar-refractivity contribution is 0.0446. The molecule has 0 bridgehead atoms. The summed E-state index contributed by atoms with van der Waals surface area (Å²) in [6.07, 6.45) is 2.23. The van der Waals surface area contributed by atoms with Gasteiger partial charge in [-0.05, 0) is 45.7 Å². The Kier molecular flexibility index (Phi) is 4.16. The van der Waals surface area contributed by atoms with Crippen molar-refractivity contribution in [1.82, 2.24) is 4.90 Å². The van der Waals surface area contributed by atoms with Crippen LogP contribution in [0.1, 0.15) is 26.7 Å². The predicted molar refractivity (Wildman–Crippen MR) is 54.5 cm³/mol.